The van der Waals surface area contributed by atoms with Crippen molar-refractivity contribution in [2.45, 2.75) is 45.4 Å². The third-order valence-corrected chi connectivity index (χ3v) is 5.71. The van der Waals surface area contributed by atoms with E-state index in [1.165, 1.54) is 0 Å². The van der Waals surface area contributed by atoms with Crippen LogP contribution in [0, 0.1) is 5.92 Å². The monoisotopic (exact) mass is 386 g/mol. The number of rotatable bonds is 3. The number of allylic oxidation sites excluding steroid dienone is 2. The van der Waals surface area contributed by atoms with Crippen LogP contribution >= 0.6 is 0 Å². The van der Waals surface area contributed by atoms with Gasteiger partial charge in [0.15, 0.2) is 29.3 Å². The number of aromatic hydroxyl groups is 2. The molecule has 2 atom stereocenters. The minimum atomic E-state index is -1.02. The first-order chi connectivity index (χ1) is 13.1. The molecule has 0 bridgehead atoms. The molecular weight excluding hydrogens is 364 g/mol. The van der Waals surface area contributed by atoms with E-state index in [1.54, 1.807) is 0 Å². The number of ketones is 2. The number of carbonyl (C=O) groups excluding carboxylic acids is 3. The summed E-state index contributed by atoms with van der Waals surface area (Å²) >= 11 is 0. The first kappa shape index (κ1) is 19.7. The van der Waals surface area contributed by atoms with Gasteiger partial charge in [-0.3, -0.25) is 14.4 Å². The van der Waals surface area contributed by atoms with Crippen molar-refractivity contribution < 1.29 is 34.8 Å². The average Bonchev–Trinajstić information content (AvgIpc) is 2.63. The highest BCUT2D eigenvalue weighted by atomic mass is 16.3. The molecule has 1 aromatic carbocycles. The number of aldehydes is 1. The van der Waals surface area contributed by atoms with Gasteiger partial charge in [0, 0.05) is 17.2 Å². The number of aliphatic hydroxyl groups is 2. The van der Waals surface area contributed by atoms with Crippen molar-refractivity contribution in [2.75, 3.05) is 0 Å². The smallest absolute Gasteiger partial charge is 0.231 e. The first-order valence-corrected chi connectivity index (χ1v) is 9.11. The van der Waals surface area contributed by atoms with E-state index in [2.05, 4.69) is 0 Å². The Labute approximate surface area is 161 Å². The lowest BCUT2D eigenvalue weighted by Crippen LogP contribution is -2.25. The van der Waals surface area contributed by atoms with Crippen molar-refractivity contribution in [2.24, 2.45) is 5.92 Å². The zero-order chi connectivity index (χ0) is 20.9. The van der Waals surface area contributed by atoms with E-state index < -0.39 is 45.7 Å². The Morgan fingerprint density at radius 2 is 1.68 bits per heavy atom. The van der Waals surface area contributed by atoms with Crippen LogP contribution < -0.4 is 0 Å². The van der Waals surface area contributed by atoms with E-state index in [0.29, 0.717) is 30.0 Å². The van der Waals surface area contributed by atoms with Gasteiger partial charge < -0.3 is 20.4 Å². The zero-order valence-electron chi connectivity index (χ0n) is 15.8. The number of phenols is 2. The van der Waals surface area contributed by atoms with Crippen LogP contribution in [0.15, 0.2) is 17.6 Å². The van der Waals surface area contributed by atoms with Crippen molar-refractivity contribution >= 4 is 23.4 Å². The lowest BCUT2D eigenvalue weighted by molar-refractivity contribution is -0.117. The molecule has 7 heteroatoms. The lowest BCUT2D eigenvalue weighted by Gasteiger charge is -2.36. The van der Waals surface area contributed by atoms with E-state index in [-0.39, 0.29) is 29.6 Å². The van der Waals surface area contributed by atoms with Gasteiger partial charge in [-0.2, -0.15) is 0 Å². The Kier molecular flexibility index (Phi) is 4.79. The molecule has 0 radical (unpaired) electrons. The third kappa shape index (κ3) is 2.69. The molecular formula is C21H22O7. The van der Waals surface area contributed by atoms with Gasteiger partial charge in [-0.15, -0.1) is 0 Å². The van der Waals surface area contributed by atoms with Crippen molar-refractivity contribution in [3.8, 4) is 11.5 Å². The minimum Gasteiger partial charge on any atom is -0.504 e. The Morgan fingerprint density at radius 3 is 2.25 bits per heavy atom. The molecule has 3 rings (SSSR count). The SMILES string of the molecule is CC(C)[C@H]1CC[C@H](C)c2c(O)c(O)c(C=O)c(C3=C(O)C(=O)C=C(O)C3=O)c21. The maximum Gasteiger partial charge on any atom is 0.231 e. The molecule has 2 aliphatic rings. The summed E-state index contributed by atoms with van der Waals surface area (Å²) in [5, 5.41) is 41.2. The Morgan fingerprint density at radius 1 is 1.04 bits per heavy atom. The van der Waals surface area contributed by atoms with Crippen LogP contribution in [0.1, 0.15) is 72.5 Å². The molecule has 7 nitrogen and oxygen atoms in total. The molecule has 28 heavy (non-hydrogen) atoms. The molecule has 0 aliphatic heterocycles. The summed E-state index contributed by atoms with van der Waals surface area (Å²) in [6, 6.07) is 0. The van der Waals surface area contributed by atoms with Crippen molar-refractivity contribution in [3.05, 3.63) is 39.8 Å². The third-order valence-electron chi connectivity index (χ3n) is 5.71. The van der Waals surface area contributed by atoms with E-state index in [1.807, 2.05) is 20.8 Å². The van der Waals surface area contributed by atoms with Crippen molar-refractivity contribution in [1.82, 2.24) is 0 Å². The fourth-order valence-corrected chi connectivity index (χ4v) is 4.28. The highest BCUT2D eigenvalue weighted by Crippen LogP contribution is 2.53. The second kappa shape index (κ2) is 6.82. The van der Waals surface area contributed by atoms with Gasteiger partial charge in [-0.1, -0.05) is 20.8 Å². The van der Waals surface area contributed by atoms with Crippen LogP contribution in [-0.4, -0.2) is 38.3 Å². The quantitative estimate of drug-likeness (QED) is 0.355. The number of hydrogen-bond acceptors (Lipinski definition) is 7. The summed E-state index contributed by atoms with van der Waals surface area (Å²) in [6.07, 6.45) is 2.29. The average molecular weight is 386 g/mol. The molecule has 1 aromatic rings. The standard InChI is InChI=1S/C21H22O7/c1-8(2)10-5-4-9(3)14-15(10)16(11(7-22)18(25)21(14)28)17-19(26)12(23)6-13(24)20(17)27/h6-10,23,25,27-28H,4-5H2,1-3H3/t9-,10+/m0/s1. The summed E-state index contributed by atoms with van der Waals surface area (Å²) in [5.74, 6) is -5.24. The molecule has 0 unspecified atom stereocenters. The van der Waals surface area contributed by atoms with E-state index >= 15 is 0 Å². The normalized spacial score (nSPS) is 22.4. The van der Waals surface area contributed by atoms with Gasteiger partial charge in [-0.25, -0.2) is 0 Å². The summed E-state index contributed by atoms with van der Waals surface area (Å²) in [6.45, 7) is 5.73. The summed E-state index contributed by atoms with van der Waals surface area (Å²) < 4.78 is 0. The largest absolute Gasteiger partial charge is 0.504 e. The molecule has 0 saturated carbocycles. The molecule has 0 fully saturated rings. The number of hydrogen-bond donors (Lipinski definition) is 4. The molecule has 148 valence electrons. The van der Waals surface area contributed by atoms with Gasteiger partial charge >= 0.3 is 0 Å². The molecule has 0 saturated heterocycles. The van der Waals surface area contributed by atoms with Crippen LogP contribution in [0.2, 0.25) is 0 Å². The highest BCUT2D eigenvalue weighted by molar-refractivity contribution is 6.37. The molecule has 4 N–H and O–H groups in total. The predicted octanol–water partition coefficient (Wildman–Crippen LogP) is 3.41. The molecule has 2 aliphatic carbocycles. The van der Waals surface area contributed by atoms with E-state index in [0.717, 1.165) is 0 Å². The van der Waals surface area contributed by atoms with E-state index in [9.17, 15) is 34.8 Å². The highest BCUT2D eigenvalue weighted by Gasteiger charge is 2.40. The first-order valence-electron chi connectivity index (χ1n) is 9.11. The zero-order valence-corrected chi connectivity index (χ0v) is 15.8. The topological polar surface area (TPSA) is 132 Å². The minimum absolute atomic E-state index is 0.0507. The van der Waals surface area contributed by atoms with Gasteiger partial charge in [0.05, 0.1) is 11.1 Å². The van der Waals surface area contributed by atoms with Crippen LogP contribution in [0.3, 0.4) is 0 Å². The number of aliphatic hydroxyl groups excluding tert-OH is 2. The van der Waals surface area contributed by atoms with Gasteiger partial charge in [-0.05, 0) is 36.2 Å². The van der Waals surface area contributed by atoms with Crippen LogP contribution in [0.5, 0.6) is 11.5 Å². The fraction of sp³-hybridized carbons (Fsp3) is 0.381. The molecule has 0 spiro atoms. The molecule has 0 amide bonds. The second-order valence-corrected chi connectivity index (χ2v) is 7.71. The second-order valence-electron chi connectivity index (χ2n) is 7.71. The summed E-state index contributed by atoms with van der Waals surface area (Å²) in [5.41, 5.74) is -0.186. The Balaban J connectivity index is 2.51. The lowest BCUT2D eigenvalue weighted by atomic mass is 9.68. The Hall–Kier alpha value is -3.09. The number of benzene rings is 1. The number of carbonyl (C=O) groups is 3. The fourth-order valence-electron chi connectivity index (χ4n) is 4.28. The number of phenolic OH excluding ortho intramolecular Hbond substituents is 2. The number of Topliss-reactive ketones (excluding diaryl/α,β-unsaturated/α-hetero) is 1. The molecule has 0 aromatic heterocycles. The van der Waals surface area contributed by atoms with Crippen LogP contribution in [-0.2, 0) is 9.59 Å². The van der Waals surface area contributed by atoms with Gasteiger partial charge in [0.2, 0.25) is 11.6 Å². The van der Waals surface area contributed by atoms with Crippen molar-refractivity contribution in [1.29, 1.82) is 0 Å². The Bertz CT molecular complexity index is 966. The van der Waals surface area contributed by atoms with Crippen molar-refractivity contribution in [3.63, 3.8) is 0 Å². The maximum atomic E-state index is 12.6. The summed E-state index contributed by atoms with van der Waals surface area (Å²) in [4.78, 5) is 36.5. The maximum absolute atomic E-state index is 12.6. The van der Waals surface area contributed by atoms with Gasteiger partial charge in [0.25, 0.3) is 0 Å². The van der Waals surface area contributed by atoms with Crippen LogP contribution in [0.4, 0.5) is 0 Å². The van der Waals surface area contributed by atoms with Gasteiger partial charge in [0.1, 0.15) is 0 Å². The predicted molar refractivity (Wildman–Crippen MR) is 101 cm³/mol. The summed E-state index contributed by atoms with van der Waals surface area (Å²) in [7, 11) is 0. The number of fused-ring (bicyclic) bond motifs is 1. The van der Waals surface area contributed by atoms with Crippen LogP contribution in [0.25, 0.3) is 5.57 Å². The van der Waals surface area contributed by atoms with E-state index in [4.69, 9.17) is 0 Å². The molecule has 0 heterocycles.